The first kappa shape index (κ1) is 20.3. The van der Waals surface area contributed by atoms with Gasteiger partial charge in [0.15, 0.2) is 5.84 Å². The Morgan fingerprint density at radius 3 is 3.07 bits per heavy atom. The number of benzene rings is 1. The minimum Gasteiger partial charge on any atom is -0.464 e. The van der Waals surface area contributed by atoms with Crippen LogP contribution in [0.25, 0.3) is 10.9 Å². The van der Waals surface area contributed by atoms with E-state index in [0.717, 1.165) is 42.4 Å². The topological polar surface area (TPSA) is 86.6 Å². The van der Waals surface area contributed by atoms with E-state index in [1.54, 1.807) is 6.21 Å². The van der Waals surface area contributed by atoms with Crippen LogP contribution in [0.2, 0.25) is 0 Å². The van der Waals surface area contributed by atoms with E-state index in [9.17, 15) is 0 Å². The number of nitrogens with zero attached hydrogens (tertiary/aromatic N) is 4. The van der Waals surface area contributed by atoms with Gasteiger partial charge in [-0.1, -0.05) is 31.5 Å². The third-order valence-corrected chi connectivity index (χ3v) is 5.04. The van der Waals surface area contributed by atoms with Crippen molar-refractivity contribution in [1.82, 2.24) is 15.3 Å². The van der Waals surface area contributed by atoms with Gasteiger partial charge < -0.3 is 14.5 Å². The van der Waals surface area contributed by atoms with E-state index < -0.39 is 0 Å². The second-order valence-electron chi connectivity index (χ2n) is 7.19. The second-order valence-corrected chi connectivity index (χ2v) is 7.19. The number of H-pyrrole nitrogens is 1. The molecular formula is C22H28N6O2. The molecule has 0 bridgehead atoms. The van der Waals surface area contributed by atoms with Crippen LogP contribution in [-0.4, -0.2) is 67.0 Å². The molecule has 4 rings (SSSR count). The van der Waals surface area contributed by atoms with Crippen LogP contribution in [0.5, 0.6) is 0 Å². The number of morpholine rings is 1. The van der Waals surface area contributed by atoms with Crippen LogP contribution >= 0.6 is 0 Å². The summed E-state index contributed by atoms with van der Waals surface area (Å²) in [6.45, 7) is 5.83. The van der Waals surface area contributed by atoms with Gasteiger partial charge in [-0.05, 0) is 24.6 Å². The molecule has 8 nitrogen and oxygen atoms in total. The zero-order valence-electron chi connectivity index (χ0n) is 17.3. The third kappa shape index (κ3) is 5.14. The number of para-hydroxylation sites is 1. The summed E-state index contributed by atoms with van der Waals surface area (Å²) in [5.41, 5.74) is 5.11. The second kappa shape index (κ2) is 10.2. The van der Waals surface area contributed by atoms with Gasteiger partial charge in [0.2, 0.25) is 0 Å². The number of fused-ring (bicyclic) bond motifs is 1. The molecule has 30 heavy (non-hydrogen) atoms. The van der Waals surface area contributed by atoms with Crippen molar-refractivity contribution in [3.63, 3.8) is 0 Å². The third-order valence-electron chi connectivity index (χ3n) is 5.04. The molecule has 0 aliphatic carbocycles. The number of hydrazone groups is 1. The summed E-state index contributed by atoms with van der Waals surface area (Å²) in [6.07, 6.45) is 9.56. The molecule has 2 aliphatic rings. The molecule has 1 unspecified atom stereocenters. The molecule has 1 aromatic heterocycles. The van der Waals surface area contributed by atoms with E-state index in [0.29, 0.717) is 31.7 Å². The number of rotatable bonds is 6. The Labute approximate surface area is 176 Å². The average molecular weight is 409 g/mol. The molecule has 1 aromatic carbocycles. The Morgan fingerprint density at radius 2 is 2.20 bits per heavy atom. The van der Waals surface area contributed by atoms with Gasteiger partial charge in [-0.2, -0.15) is 10.1 Å². The predicted molar refractivity (Wildman–Crippen MR) is 120 cm³/mol. The Morgan fingerprint density at radius 1 is 1.33 bits per heavy atom. The molecule has 3 heterocycles. The molecule has 2 aliphatic heterocycles. The van der Waals surface area contributed by atoms with E-state index in [1.807, 2.05) is 36.5 Å². The van der Waals surface area contributed by atoms with Crippen molar-refractivity contribution in [3.05, 3.63) is 48.2 Å². The molecule has 0 spiro atoms. The van der Waals surface area contributed by atoms with Gasteiger partial charge >= 0.3 is 6.02 Å². The fraction of sp³-hybridized carbons (Fsp3) is 0.409. The smallest absolute Gasteiger partial charge is 0.315 e. The Kier molecular flexibility index (Phi) is 6.89. The van der Waals surface area contributed by atoms with Crippen molar-refractivity contribution in [2.75, 3.05) is 32.9 Å². The lowest BCUT2D eigenvalue weighted by Crippen LogP contribution is -2.42. The molecule has 1 saturated heterocycles. The summed E-state index contributed by atoms with van der Waals surface area (Å²) in [7, 11) is 0. The molecule has 1 atom stereocenters. The number of hydrogen-bond acceptors (Lipinski definition) is 7. The summed E-state index contributed by atoms with van der Waals surface area (Å²) < 4.78 is 11.3. The molecule has 2 N–H and O–H groups in total. The van der Waals surface area contributed by atoms with Crippen molar-refractivity contribution >= 4 is 29.0 Å². The fourth-order valence-corrected chi connectivity index (χ4v) is 3.36. The lowest BCUT2D eigenvalue weighted by Gasteiger charge is -2.30. The average Bonchev–Trinajstić information content (AvgIpc) is 3.08. The van der Waals surface area contributed by atoms with E-state index in [-0.39, 0.29) is 6.17 Å². The number of ether oxygens (including phenoxy) is 2. The van der Waals surface area contributed by atoms with Gasteiger partial charge in [0, 0.05) is 35.8 Å². The number of aliphatic imine (C=N–C) groups is 2. The van der Waals surface area contributed by atoms with Crippen LogP contribution in [-0.2, 0) is 9.47 Å². The van der Waals surface area contributed by atoms with Gasteiger partial charge in [0.1, 0.15) is 6.17 Å². The van der Waals surface area contributed by atoms with Crippen molar-refractivity contribution in [1.29, 1.82) is 0 Å². The van der Waals surface area contributed by atoms with Crippen LogP contribution in [0.3, 0.4) is 0 Å². The summed E-state index contributed by atoms with van der Waals surface area (Å²) >= 11 is 0. The molecule has 0 amide bonds. The Bertz CT molecular complexity index is 955. The number of unbranched alkanes of at least 4 members (excludes halogenated alkanes) is 1. The maximum absolute atomic E-state index is 5.83. The van der Waals surface area contributed by atoms with E-state index in [2.05, 4.69) is 38.4 Å². The molecule has 0 saturated carbocycles. The maximum atomic E-state index is 5.83. The number of aromatic amines is 1. The zero-order chi connectivity index (χ0) is 20.6. The summed E-state index contributed by atoms with van der Waals surface area (Å²) in [5.74, 6) is 0.595. The SMILES string of the molecule is CCCCOC1=NC(N2CCOCC2)C=CC(N/N=C/c2c[nH]c3ccccc23)=N1. The molecular weight excluding hydrogens is 380 g/mol. The highest BCUT2D eigenvalue weighted by Crippen LogP contribution is 2.15. The van der Waals surface area contributed by atoms with Gasteiger partial charge in [-0.3, -0.25) is 10.3 Å². The van der Waals surface area contributed by atoms with Gasteiger partial charge in [-0.25, -0.2) is 4.99 Å². The summed E-state index contributed by atoms with van der Waals surface area (Å²) in [5, 5.41) is 5.50. The molecule has 158 valence electrons. The lowest BCUT2D eigenvalue weighted by molar-refractivity contribution is 0.0267. The summed E-state index contributed by atoms with van der Waals surface area (Å²) in [6, 6.07) is 8.51. The zero-order valence-corrected chi connectivity index (χ0v) is 17.3. The van der Waals surface area contributed by atoms with Crippen LogP contribution in [0, 0.1) is 0 Å². The first-order valence-electron chi connectivity index (χ1n) is 10.5. The maximum Gasteiger partial charge on any atom is 0.315 e. The minimum absolute atomic E-state index is 0.119. The highest BCUT2D eigenvalue weighted by molar-refractivity contribution is 6.03. The number of hydrogen-bond donors (Lipinski definition) is 2. The normalized spacial score (nSPS) is 20.2. The fourth-order valence-electron chi connectivity index (χ4n) is 3.36. The Hall–Kier alpha value is -2.97. The largest absolute Gasteiger partial charge is 0.464 e. The van der Waals surface area contributed by atoms with Crippen molar-refractivity contribution in [3.8, 4) is 0 Å². The standard InChI is InChI=1S/C22H28N6O2/c1-2-3-12-30-22-25-20(8-9-21(26-22)28-10-13-29-14-11-28)27-24-16-17-15-23-19-7-5-4-6-18(17)19/h4-9,15-16,21,23H,2-3,10-14H2,1H3,(H,25,26,27)/b24-16+. The minimum atomic E-state index is -0.119. The lowest BCUT2D eigenvalue weighted by atomic mass is 10.2. The number of nitrogens with one attached hydrogen (secondary N) is 2. The van der Waals surface area contributed by atoms with Crippen LogP contribution in [0.1, 0.15) is 25.3 Å². The number of amidine groups is 2. The highest BCUT2D eigenvalue weighted by atomic mass is 16.5. The van der Waals surface area contributed by atoms with Gasteiger partial charge in [0.25, 0.3) is 0 Å². The molecule has 8 heteroatoms. The van der Waals surface area contributed by atoms with E-state index in [4.69, 9.17) is 14.5 Å². The van der Waals surface area contributed by atoms with Crippen LogP contribution in [0.4, 0.5) is 0 Å². The van der Waals surface area contributed by atoms with Gasteiger partial charge in [-0.15, -0.1) is 0 Å². The van der Waals surface area contributed by atoms with Crippen molar-refractivity contribution in [2.24, 2.45) is 15.1 Å². The Balaban J connectivity index is 1.47. The first-order valence-corrected chi connectivity index (χ1v) is 10.5. The van der Waals surface area contributed by atoms with Crippen molar-refractivity contribution < 1.29 is 9.47 Å². The summed E-state index contributed by atoms with van der Waals surface area (Å²) in [4.78, 5) is 14.8. The van der Waals surface area contributed by atoms with Gasteiger partial charge in [0.05, 0.1) is 26.0 Å². The molecule has 1 fully saturated rings. The highest BCUT2D eigenvalue weighted by Gasteiger charge is 2.21. The van der Waals surface area contributed by atoms with Crippen molar-refractivity contribution in [2.45, 2.75) is 25.9 Å². The van der Waals surface area contributed by atoms with E-state index in [1.165, 1.54) is 0 Å². The quantitative estimate of drug-likeness (QED) is 0.437. The predicted octanol–water partition coefficient (Wildman–Crippen LogP) is 2.89. The molecule has 0 radical (unpaired) electrons. The first-order chi connectivity index (χ1) is 14.8. The number of aromatic nitrogens is 1. The monoisotopic (exact) mass is 408 g/mol. The van der Waals surface area contributed by atoms with E-state index >= 15 is 0 Å². The van der Waals surface area contributed by atoms with Crippen LogP contribution in [0.15, 0.2) is 57.7 Å². The molecule has 2 aromatic rings. The van der Waals surface area contributed by atoms with Crippen LogP contribution < -0.4 is 5.43 Å².